The van der Waals surface area contributed by atoms with Crippen molar-refractivity contribution in [1.82, 2.24) is 4.90 Å². The molecule has 0 saturated carbocycles. The van der Waals surface area contributed by atoms with Crippen molar-refractivity contribution in [2.24, 2.45) is 4.99 Å². The van der Waals surface area contributed by atoms with Crippen LogP contribution in [0, 0.1) is 0 Å². The fraction of sp³-hybridized carbons (Fsp3) is 0.222. The van der Waals surface area contributed by atoms with Crippen molar-refractivity contribution in [1.29, 1.82) is 0 Å². The normalized spacial score (nSPS) is 19.3. The van der Waals surface area contributed by atoms with Gasteiger partial charge in [0, 0.05) is 19.2 Å². The average molecular weight is 409 g/mol. The van der Waals surface area contributed by atoms with E-state index in [1.165, 1.54) is 11.8 Å². The second kappa shape index (κ2) is 7.48. The van der Waals surface area contributed by atoms with E-state index in [1.807, 2.05) is 0 Å². The van der Waals surface area contributed by atoms with Gasteiger partial charge in [0.1, 0.15) is 11.5 Å². The summed E-state index contributed by atoms with van der Waals surface area (Å²) in [7, 11) is 0. The highest BCUT2D eigenvalue weighted by Crippen LogP contribution is 2.37. The van der Waals surface area contributed by atoms with Gasteiger partial charge >= 0.3 is 0 Å². The maximum atomic E-state index is 12.2. The van der Waals surface area contributed by atoms with Crippen LogP contribution in [0.4, 0.5) is 0 Å². The Labute approximate surface area is 164 Å². The fourth-order valence-corrected chi connectivity index (χ4v) is 4.24. The van der Waals surface area contributed by atoms with Gasteiger partial charge in [-0.25, -0.2) is 0 Å². The standard InChI is InChI=1S/C18H14Cl2N2O3S/c19-12-2-1-3-13(20)16(12)14-5-4-11(25-14)10-15-17(23)21-18(26-15)22-6-8-24-9-7-22/h1-5,10H,6-9H2. The molecule has 2 aromatic rings. The van der Waals surface area contributed by atoms with Gasteiger partial charge in [0.25, 0.3) is 5.91 Å². The van der Waals surface area contributed by atoms with Crippen LogP contribution in [0.1, 0.15) is 5.76 Å². The van der Waals surface area contributed by atoms with Crippen molar-refractivity contribution in [2.45, 2.75) is 0 Å². The van der Waals surface area contributed by atoms with Crippen LogP contribution in [0.3, 0.4) is 0 Å². The SMILES string of the molecule is O=C1N=C(N2CCOCC2)SC1=Cc1ccc(-c2c(Cl)cccc2Cl)o1. The van der Waals surface area contributed by atoms with E-state index in [1.54, 1.807) is 36.4 Å². The van der Waals surface area contributed by atoms with Crippen molar-refractivity contribution in [2.75, 3.05) is 26.3 Å². The maximum Gasteiger partial charge on any atom is 0.286 e. The first-order chi connectivity index (χ1) is 12.6. The minimum absolute atomic E-state index is 0.259. The highest BCUT2D eigenvalue weighted by atomic mass is 35.5. The Morgan fingerprint density at radius 1 is 1.12 bits per heavy atom. The van der Waals surface area contributed by atoms with E-state index in [4.69, 9.17) is 32.4 Å². The zero-order chi connectivity index (χ0) is 18.1. The van der Waals surface area contributed by atoms with E-state index in [-0.39, 0.29) is 5.91 Å². The van der Waals surface area contributed by atoms with E-state index in [0.29, 0.717) is 50.4 Å². The summed E-state index contributed by atoms with van der Waals surface area (Å²) < 4.78 is 11.2. The lowest BCUT2D eigenvalue weighted by Crippen LogP contribution is -2.38. The van der Waals surface area contributed by atoms with Gasteiger partial charge in [-0.1, -0.05) is 29.3 Å². The second-order valence-corrected chi connectivity index (χ2v) is 7.53. The number of amides is 1. The van der Waals surface area contributed by atoms with Crippen molar-refractivity contribution >= 4 is 52.1 Å². The van der Waals surface area contributed by atoms with Crippen LogP contribution in [0.15, 0.2) is 44.6 Å². The largest absolute Gasteiger partial charge is 0.457 e. The molecule has 2 aliphatic heterocycles. The molecule has 0 bridgehead atoms. The van der Waals surface area contributed by atoms with E-state index in [9.17, 15) is 4.79 Å². The first-order valence-corrected chi connectivity index (χ1v) is 9.58. The van der Waals surface area contributed by atoms with Gasteiger partial charge in [0.15, 0.2) is 5.17 Å². The number of halogens is 2. The van der Waals surface area contributed by atoms with Crippen molar-refractivity contribution in [3.05, 3.63) is 51.0 Å². The lowest BCUT2D eigenvalue weighted by atomic mass is 10.2. The number of hydrogen-bond donors (Lipinski definition) is 0. The highest BCUT2D eigenvalue weighted by Gasteiger charge is 2.27. The molecule has 0 unspecified atom stereocenters. The first-order valence-electron chi connectivity index (χ1n) is 8.01. The van der Waals surface area contributed by atoms with Gasteiger partial charge in [-0.3, -0.25) is 4.79 Å². The summed E-state index contributed by atoms with van der Waals surface area (Å²) in [6.07, 6.45) is 1.69. The third kappa shape index (κ3) is 3.55. The zero-order valence-electron chi connectivity index (χ0n) is 13.6. The van der Waals surface area contributed by atoms with Crippen LogP contribution in [0.2, 0.25) is 10.0 Å². The summed E-state index contributed by atoms with van der Waals surface area (Å²) in [6.45, 7) is 2.77. The number of carbonyl (C=O) groups is 1. The van der Waals surface area contributed by atoms with Crippen molar-refractivity contribution in [3.8, 4) is 11.3 Å². The molecular formula is C18H14Cl2N2O3S. The predicted molar refractivity (Wildman–Crippen MR) is 105 cm³/mol. The number of furan rings is 1. The number of hydrogen-bond acceptors (Lipinski definition) is 5. The molecule has 0 atom stereocenters. The van der Waals surface area contributed by atoms with Crippen LogP contribution >= 0.6 is 35.0 Å². The van der Waals surface area contributed by atoms with Gasteiger partial charge in [-0.15, -0.1) is 0 Å². The van der Waals surface area contributed by atoms with E-state index >= 15 is 0 Å². The monoisotopic (exact) mass is 408 g/mol. The number of carbonyl (C=O) groups excluding carboxylic acids is 1. The van der Waals surface area contributed by atoms with Gasteiger partial charge in [-0.2, -0.15) is 4.99 Å². The summed E-state index contributed by atoms with van der Waals surface area (Å²) in [4.78, 5) is 18.9. The van der Waals surface area contributed by atoms with Crippen molar-refractivity contribution < 1.29 is 13.9 Å². The minimum Gasteiger partial charge on any atom is -0.457 e. The second-order valence-electron chi connectivity index (χ2n) is 5.71. The topological polar surface area (TPSA) is 55.0 Å². The lowest BCUT2D eigenvalue weighted by molar-refractivity contribution is -0.113. The van der Waals surface area contributed by atoms with Crippen LogP contribution in [-0.4, -0.2) is 42.3 Å². The lowest BCUT2D eigenvalue weighted by Gasteiger charge is -2.27. The quantitative estimate of drug-likeness (QED) is 0.681. The molecule has 1 amide bonds. The number of benzene rings is 1. The Morgan fingerprint density at radius 2 is 1.85 bits per heavy atom. The van der Waals surface area contributed by atoms with E-state index in [2.05, 4.69) is 9.89 Å². The molecule has 134 valence electrons. The third-order valence-electron chi connectivity index (χ3n) is 4.00. The molecular weight excluding hydrogens is 395 g/mol. The highest BCUT2D eigenvalue weighted by molar-refractivity contribution is 8.18. The molecule has 1 aromatic carbocycles. The molecule has 3 heterocycles. The van der Waals surface area contributed by atoms with Gasteiger partial charge in [-0.05, 0) is 36.0 Å². The summed E-state index contributed by atoms with van der Waals surface area (Å²) in [5.74, 6) is 0.840. The number of nitrogens with zero attached hydrogens (tertiary/aromatic N) is 2. The molecule has 1 saturated heterocycles. The molecule has 0 spiro atoms. The average Bonchev–Trinajstić information content (AvgIpc) is 3.23. The number of ether oxygens (including phenoxy) is 1. The molecule has 0 N–H and O–H groups in total. The minimum atomic E-state index is -0.259. The first kappa shape index (κ1) is 17.7. The van der Waals surface area contributed by atoms with Crippen LogP contribution in [0.25, 0.3) is 17.4 Å². The number of morpholine rings is 1. The summed E-state index contributed by atoms with van der Waals surface area (Å²) in [6, 6.07) is 8.85. The van der Waals surface area contributed by atoms with Crippen LogP contribution in [-0.2, 0) is 9.53 Å². The van der Waals surface area contributed by atoms with Gasteiger partial charge in [0.05, 0.1) is 33.7 Å². The molecule has 8 heteroatoms. The van der Waals surface area contributed by atoms with Crippen LogP contribution in [0.5, 0.6) is 0 Å². The Morgan fingerprint density at radius 3 is 2.58 bits per heavy atom. The Balaban J connectivity index is 1.55. The fourth-order valence-electron chi connectivity index (χ4n) is 2.72. The molecule has 4 rings (SSSR count). The molecule has 2 aliphatic rings. The summed E-state index contributed by atoms with van der Waals surface area (Å²) >= 11 is 13.8. The number of rotatable bonds is 2. The molecule has 0 aliphatic carbocycles. The molecule has 26 heavy (non-hydrogen) atoms. The van der Waals surface area contributed by atoms with Crippen LogP contribution < -0.4 is 0 Å². The Kier molecular flexibility index (Phi) is 5.09. The smallest absolute Gasteiger partial charge is 0.286 e. The predicted octanol–water partition coefficient (Wildman–Crippen LogP) is 4.56. The maximum absolute atomic E-state index is 12.2. The molecule has 0 radical (unpaired) electrons. The number of thioether (sulfide) groups is 1. The third-order valence-corrected chi connectivity index (χ3v) is 5.67. The number of amidine groups is 1. The number of aliphatic imine (C=N–C) groups is 1. The zero-order valence-corrected chi connectivity index (χ0v) is 15.9. The Hall–Kier alpha value is -1.73. The Bertz CT molecular complexity index is 897. The molecule has 1 fully saturated rings. The van der Waals surface area contributed by atoms with Gasteiger partial charge in [0.2, 0.25) is 0 Å². The molecule has 5 nitrogen and oxygen atoms in total. The van der Waals surface area contributed by atoms with Gasteiger partial charge < -0.3 is 14.1 Å². The molecule has 1 aromatic heterocycles. The summed E-state index contributed by atoms with van der Waals surface area (Å²) in [5.41, 5.74) is 0.635. The van der Waals surface area contributed by atoms with Crippen molar-refractivity contribution in [3.63, 3.8) is 0 Å². The van der Waals surface area contributed by atoms with E-state index in [0.717, 1.165) is 13.1 Å². The van der Waals surface area contributed by atoms with E-state index < -0.39 is 0 Å². The summed E-state index contributed by atoms with van der Waals surface area (Å²) in [5, 5.41) is 1.73.